The fourth-order valence-corrected chi connectivity index (χ4v) is 3.02. The number of ether oxygens (including phenoxy) is 1. The molecule has 20 heavy (non-hydrogen) atoms. The Labute approximate surface area is 124 Å². The van der Waals surface area contributed by atoms with Crippen molar-refractivity contribution in [3.8, 4) is 5.75 Å². The van der Waals surface area contributed by atoms with Gasteiger partial charge in [0.05, 0.1) is 18.8 Å². The summed E-state index contributed by atoms with van der Waals surface area (Å²) < 4.78 is 5.40. The van der Waals surface area contributed by atoms with Crippen molar-refractivity contribution in [1.82, 2.24) is 0 Å². The lowest BCUT2D eigenvalue weighted by molar-refractivity contribution is 0.416. The number of fused-ring (bicyclic) bond motifs is 1. The second kappa shape index (κ2) is 5.37. The number of aryl methyl sites for hydroxylation is 2. The lowest BCUT2D eigenvalue weighted by Crippen LogP contribution is -2.08. The van der Waals surface area contributed by atoms with Crippen molar-refractivity contribution in [3.05, 3.63) is 58.1 Å². The Morgan fingerprint density at radius 2 is 2.05 bits per heavy atom. The van der Waals surface area contributed by atoms with Crippen molar-refractivity contribution in [2.45, 2.75) is 25.8 Å². The molecule has 2 aromatic carbocycles. The van der Waals surface area contributed by atoms with Gasteiger partial charge in [0.25, 0.3) is 0 Å². The van der Waals surface area contributed by atoms with Crippen LogP contribution in [0.3, 0.4) is 0 Å². The van der Waals surface area contributed by atoms with E-state index in [2.05, 4.69) is 30.4 Å². The van der Waals surface area contributed by atoms with Gasteiger partial charge >= 0.3 is 0 Å². The highest BCUT2D eigenvalue weighted by molar-refractivity contribution is 6.30. The number of benzene rings is 2. The summed E-state index contributed by atoms with van der Waals surface area (Å²) in [6, 6.07) is 12.7. The molecule has 1 N–H and O–H groups in total. The number of halogens is 1. The second-order valence-corrected chi connectivity index (χ2v) is 5.72. The highest BCUT2D eigenvalue weighted by Crippen LogP contribution is 2.37. The molecule has 0 amide bonds. The van der Waals surface area contributed by atoms with Gasteiger partial charge in [0.1, 0.15) is 5.75 Å². The van der Waals surface area contributed by atoms with Gasteiger partial charge in [-0.1, -0.05) is 35.4 Å². The fraction of sp³-hybridized carbons (Fsp3) is 0.294. The summed E-state index contributed by atoms with van der Waals surface area (Å²) >= 11 is 6.09. The van der Waals surface area contributed by atoms with Crippen LogP contribution < -0.4 is 10.1 Å². The molecule has 0 spiro atoms. The molecule has 1 aliphatic rings. The molecule has 3 rings (SSSR count). The maximum Gasteiger partial charge on any atom is 0.142 e. The Hall–Kier alpha value is -1.67. The molecule has 0 aromatic heterocycles. The van der Waals surface area contributed by atoms with Crippen LogP contribution in [0, 0.1) is 6.92 Å². The van der Waals surface area contributed by atoms with Crippen LogP contribution in [-0.2, 0) is 6.42 Å². The van der Waals surface area contributed by atoms with Crippen LogP contribution >= 0.6 is 11.6 Å². The van der Waals surface area contributed by atoms with Crippen molar-refractivity contribution in [3.63, 3.8) is 0 Å². The third kappa shape index (κ3) is 2.48. The zero-order valence-corrected chi connectivity index (χ0v) is 12.5. The highest BCUT2D eigenvalue weighted by atomic mass is 35.5. The van der Waals surface area contributed by atoms with Crippen LogP contribution in [-0.4, -0.2) is 7.11 Å². The number of rotatable bonds is 3. The topological polar surface area (TPSA) is 21.3 Å². The maximum absolute atomic E-state index is 6.09. The first-order valence-electron chi connectivity index (χ1n) is 6.87. The van der Waals surface area contributed by atoms with Crippen molar-refractivity contribution in [2.75, 3.05) is 12.4 Å². The molecule has 1 unspecified atom stereocenters. The Morgan fingerprint density at radius 1 is 1.20 bits per heavy atom. The number of hydrogen-bond acceptors (Lipinski definition) is 2. The minimum atomic E-state index is 0.331. The Morgan fingerprint density at radius 3 is 2.85 bits per heavy atom. The summed E-state index contributed by atoms with van der Waals surface area (Å²) in [4.78, 5) is 0. The number of anilines is 1. The molecule has 1 atom stereocenters. The summed E-state index contributed by atoms with van der Waals surface area (Å²) in [7, 11) is 1.68. The van der Waals surface area contributed by atoms with Gasteiger partial charge in [0.2, 0.25) is 0 Å². The summed E-state index contributed by atoms with van der Waals surface area (Å²) in [5.74, 6) is 0.829. The number of hydrogen-bond donors (Lipinski definition) is 1. The number of methoxy groups -OCH3 is 1. The van der Waals surface area contributed by atoms with Crippen LogP contribution in [0.25, 0.3) is 0 Å². The van der Waals surface area contributed by atoms with E-state index in [1.807, 2.05) is 18.2 Å². The molecule has 2 nitrogen and oxygen atoms in total. The summed E-state index contributed by atoms with van der Waals surface area (Å²) in [5.41, 5.74) is 5.09. The van der Waals surface area contributed by atoms with Crippen LogP contribution in [0.1, 0.15) is 29.2 Å². The monoisotopic (exact) mass is 287 g/mol. The van der Waals surface area contributed by atoms with Gasteiger partial charge in [-0.05, 0) is 49.1 Å². The van der Waals surface area contributed by atoms with Crippen LogP contribution in [0.2, 0.25) is 5.02 Å². The van der Waals surface area contributed by atoms with E-state index in [0.717, 1.165) is 29.3 Å². The molecule has 0 heterocycles. The maximum atomic E-state index is 6.09. The molecule has 0 bridgehead atoms. The molecular formula is C17H18ClNO. The molecule has 0 radical (unpaired) electrons. The van der Waals surface area contributed by atoms with Gasteiger partial charge in [0, 0.05) is 5.02 Å². The van der Waals surface area contributed by atoms with E-state index >= 15 is 0 Å². The van der Waals surface area contributed by atoms with E-state index < -0.39 is 0 Å². The van der Waals surface area contributed by atoms with E-state index in [1.54, 1.807) is 7.11 Å². The molecule has 3 heteroatoms. The van der Waals surface area contributed by atoms with Crippen molar-refractivity contribution >= 4 is 17.3 Å². The molecule has 104 valence electrons. The first kappa shape index (κ1) is 13.3. The predicted octanol–water partition coefficient (Wildman–Crippen LogP) is 4.76. The summed E-state index contributed by atoms with van der Waals surface area (Å²) in [6.07, 6.45) is 2.23. The third-order valence-corrected chi connectivity index (χ3v) is 4.11. The first-order valence-corrected chi connectivity index (χ1v) is 7.24. The lowest BCUT2D eigenvalue weighted by Gasteiger charge is -2.18. The van der Waals surface area contributed by atoms with Gasteiger partial charge in [-0.3, -0.25) is 0 Å². The van der Waals surface area contributed by atoms with E-state index in [-0.39, 0.29) is 0 Å². The highest BCUT2D eigenvalue weighted by Gasteiger charge is 2.23. The van der Waals surface area contributed by atoms with E-state index in [0.29, 0.717) is 6.04 Å². The lowest BCUT2D eigenvalue weighted by atomic mass is 10.0. The second-order valence-electron chi connectivity index (χ2n) is 5.28. The average molecular weight is 288 g/mol. The minimum absolute atomic E-state index is 0.331. The third-order valence-electron chi connectivity index (χ3n) is 3.87. The zero-order chi connectivity index (χ0) is 14.1. The van der Waals surface area contributed by atoms with Crippen molar-refractivity contribution in [1.29, 1.82) is 0 Å². The molecular weight excluding hydrogens is 270 g/mol. The standard InChI is InChI=1S/C17H18ClNO/c1-11-3-4-12-5-7-15(14(12)9-11)19-16-10-13(18)6-8-17(16)20-2/h3-4,6,8-10,15,19H,5,7H2,1-2H3. The first-order chi connectivity index (χ1) is 9.67. The number of nitrogens with one attached hydrogen (secondary N) is 1. The van der Waals surface area contributed by atoms with Crippen molar-refractivity contribution < 1.29 is 4.74 Å². The molecule has 0 aliphatic heterocycles. The molecule has 1 aliphatic carbocycles. The Bertz CT molecular complexity index is 639. The largest absolute Gasteiger partial charge is 0.495 e. The zero-order valence-electron chi connectivity index (χ0n) is 11.7. The minimum Gasteiger partial charge on any atom is -0.495 e. The van der Waals surface area contributed by atoms with Crippen LogP contribution in [0.5, 0.6) is 5.75 Å². The summed E-state index contributed by atoms with van der Waals surface area (Å²) in [6.45, 7) is 2.13. The van der Waals surface area contributed by atoms with E-state index in [9.17, 15) is 0 Å². The molecule has 0 saturated carbocycles. The summed E-state index contributed by atoms with van der Waals surface area (Å²) in [5, 5.41) is 4.29. The van der Waals surface area contributed by atoms with E-state index in [1.165, 1.54) is 16.7 Å². The van der Waals surface area contributed by atoms with Gasteiger partial charge < -0.3 is 10.1 Å². The van der Waals surface area contributed by atoms with Gasteiger partial charge in [-0.15, -0.1) is 0 Å². The Balaban J connectivity index is 1.91. The van der Waals surface area contributed by atoms with E-state index in [4.69, 9.17) is 16.3 Å². The Kier molecular flexibility index (Phi) is 3.58. The van der Waals surface area contributed by atoms with Crippen LogP contribution in [0.4, 0.5) is 5.69 Å². The molecule has 0 saturated heterocycles. The smallest absolute Gasteiger partial charge is 0.142 e. The molecule has 2 aromatic rings. The SMILES string of the molecule is COc1ccc(Cl)cc1NC1CCc2ccc(C)cc21. The molecule has 0 fully saturated rings. The van der Waals surface area contributed by atoms with Crippen LogP contribution in [0.15, 0.2) is 36.4 Å². The van der Waals surface area contributed by atoms with Gasteiger partial charge in [0.15, 0.2) is 0 Å². The van der Waals surface area contributed by atoms with Gasteiger partial charge in [-0.25, -0.2) is 0 Å². The quantitative estimate of drug-likeness (QED) is 0.879. The predicted molar refractivity (Wildman–Crippen MR) is 83.9 cm³/mol. The fourth-order valence-electron chi connectivity index (χ4n) is 2.85. The van der Waals surface area contributed by atoms with Gasteiger partial charge in [-0.2, -0.15) is 0 Å². The average Bonchev–Trinajstić information content (AvgIpc) is 2.82. The van der Waals surface area contributed by atoms with Crippen molar-refractivity contribution in [2.24, 2.45) is 0 Å². The normalized spacial score (nSPS) is 16.9.